The van der Waals surface area contributed by atoms with Crippen molar-refractivity contribution < 1.29 is 9.59 Å². The van der Waals surface area contributed by atoms with Crippen LogP contribution in [-0.4, -0.2) is 47.8 Å². The Hall–Kier alpha value is -1.06. The maximum absolute atomic E-state index is 12.4. The molecule has 1 heterocycles. The van der Waals surface area contributed by atoms with E-state index in [9.17, 15) is 9.59 Å². The Kier molecular flexibility index (Phi) is 3.27. The number of hydrogen-bond acceptors (Lipinski definition) is 2. The first kappa shape index (κ1) is 12.9. The molecular formula is C15H24N2O2. The van der Waals surface area contributed by atoms with Crippen LogP contribution < -0.4 is 0 Å². The van der Waals surface area contributed by atoms with Gasteiger partial charge in [-0.1, -0.05) is 13.8 Å². The molecule has 0 aromatic heterocycles. The highest BCUT2D eigenvalue weighted by Gasteiger charge is 2.48. The van der Waals surface area contributed by atoms with Crippen molar-refractivity contribution in [2.75, 3.05) is 26.2 Å². The van der Waals surface area contributed by atoms with E-state index in [4.69, 9.17) is 0 Å². The zero-order valence-electron chi connectivity index (χ0n) is 12.0. The topological polar surface area (TPSA) is 40.6 Å². The summed E-state index contributed by atoms with van der Waals surface area (Å²) in [4.78, 5) is 28.2. The number of piperazine rings is 1. The monoisotopic (exact) mass is 264 g/mol. The molecule has 3 aliphatic rings. The van der Waals surface area contributed by atoms with E-state index in [1.54, 1.807) is 0 Å². The summed E-state index contributed by atoms with van der Waals surface area (Å²) < 4.78 is 0. The fourth-order valence-electron chi connectivity index (χ4n) is 3.69. The van der Waals surface area contributed by atoms with Crippen molar-refractivity contribution in [3.63, 3.8) is 0 Å². The molecule has 3 rings (SSSR count). The van der Waals surface area contributed by atoms with Gasteiger partial charge in [-0.2, -0.15) is 0 Å². The van der Waals surface area contributed by atoms with Crippen LogP contribution in [0.5, 0.6) is 0 Å². The maximum atomic E-state index is 12.4. The minimum Gasteiger partial charge on any atom is -0.339 e. The Bertz CT molecular complexity index is 376. The second kappa shape index (κ2) is 4.80. The first-order chi connectivity index (χ1) is 9.06. The van der Waals surface area contributed by atoms with E-state index in [0.29, 0.717) is 19.0 Å². The van der Waals surface area contributed by atoms with E-state index >= 15 is 0 Å². The van der Waals surface area contributed by atoms with Gasteiger partial charge in [-0.3, -0.25) is 9.59 Å². The van der Waals surface area contributed by atoms with Crippen molar-refractivity contribution >= 4 is 11.8 Å². The molecule has 0 bridgehead atoms. The molecule has 0 N–H and O–H groups in total. The van der Waals surface area contributed by atoms with E-state index in [1.165, 1.54) is 6.42 Å². The van der Waals surface area contributed by atoms with Gasteiger partial charge in [0.25, 0.3) is 0 Å². The van der Waals surface area contributed by atoms with Crippen molar-refractivity contribution in [1.82, 2.24) is 9.80 Å². The predicted octanol–water partition coefficient (Wildman–Crippen LogP) is 1.36. The molecule has 3 fully saturated rings. The van der Waals surface area contributed by atoms with Crippen LogP contribution in [-0.2, 0) is 9.59 Å². The van der Waals surface area contributed by atoms with Gasteiger partial charge in [-0.15, -0.1) is 0 Å². The van der Waals surface area contributed by atoms with E-state index in [-0.39, 0.29) is 17.7 Å². The second-order valence-corrected chi connectivity index (χ2v) is 6.73. The fourth-order valence-corrected chi connectivity index (χ4v) is 3.69. The molecule has 4 heteroatoms. The molecule has 2 unspecified atom stereocenters. The molecule has 0 aromatic carbocycles. The summed E-state index contributed by atoms with van der Waals surface area (Å²) in [5.41, 5.74) is 0. The van der Waals surface area contributed by atoms with Crippen LogP contribution in [0.25, 0.3) is 0 Å². The number of rotatable bonds is 2. The van der Waals surface area contributed by atoms with Crippen molar-refractivity contribution in [2.24, 2.45) is 23.7 Å². The van der Waals surface area contributed by atoms with Crippen LogP contribution in [0.1, 0.15) is 33.1 Å². The van der Waals surface area contributed by atoms with Gasteiger partial charge in [0.1, 0.15) is 0 Å². The molecular weight excluding hydrogens is 240 g/mol. The third kappa shape index (κ3) is 2.49. The second-order valence-electron chi connectivity index (χ2n) is 6.73. The molecule has 2 saturated carbocycles. The predicted molar refractivity (Wildman–Crippen MR) is 72.3 cm³/mol. The van der Waals surface area contributed by atoms with Crippen LogP contribution in [0.2, 0.25) is 0 Å². The molecule has 4 nitrogen and oxygen atoms in total. The highest BCUT2D eigenvalue weighted by atomic mass is 16.2. The average molecular weight is 264 g/mol. The zero-order valence-corrected chi connectivity index (χ0v) is 12.0. The molecule has 0 aromatic rings. The summed E-state index contributed by atoms with van der Waals surface area (Å²) in [7, 11) is 0. The van der Waals surface area contributed by atoms with Gasteiger partial charge < -0.3 is 9.80 Å². The summed E-state index contributed by atoms with van der Waals surface area (Å²) in [6.07, 6.45) is 3.60. The number of hydrogen-bond donors (Lipinski definition) is 0. The largest absolute Gasteiger partial charge is 0.339 e. The number of fused-ring (bicyclic) bond motifs is 1. The minimum atomic E-state index is 0.0594. The van der Waals surface area contributed by atoms with Crippen molar-refractivity contribution in [3.05, 3.63) is 0 Å². The van der Waals surface area contributed by atoms with E-state index in [1.807, 2.05) is 23.6 Å². The quantitative estimate of drug-likeness (QED) is 0.755. The minimum absolute atomic E-state index is 0.0594. The van der Waals surface area contributed by atoms with Gasteiger partial charge >= 0.3 is 0 Å². The van der Waals surface area contributed by atoms with E-state index in [0.717, 1.165) is 37.8 Å². The first-order valence-corrected chi connectivity index (χ1v) is 7.64. The Labute approximate surface area is 115 Å². The van der Waals surface area contributed by atoms with Crippen LogP contribution in [0.15, 0.2) is 0 Å². The molecule has 1 saturated heterocycles. The molecule has 2 atom stereocenters. The first-order valence-electron chi connectivity index (χ1n) is 7.64. The third-order valence-electron chi connectivity index (χ3n) is 4.99. The average Bonchev–Trinajstić information content (AvgIpc) is 3.03. The van der Waals surface area contributed by atoms with Crippen LogP contribution >= 0.6 is 0 Å². The summed E-state index contributed by atoms with van der Waals surface area (Å²) >= 11 is 0. The number of carbonyl (C=O) groups is 2. The molecule has 2 aliphatic carbocycles. The Morgan fingerprint density at radius 1 is 0.895 bits per heavy atom. The maximum Gasteiger partial charge on any atom is 0.225 e. The summed E-state index contributed by atoms with van der Waals surface area (Å²) in [6, 6.07) is 0. The third-order valence-corrected chi connectivity index (χ3v) is 4.99. The number of nitrogens with zero attached hydrogens (tertiary/aromatic N) is 2. The molecule has 106 valence electrons. The zero-order chi connectivity index (χ0) is 13.6. The normalized spacial score (nSPS) is 33.5. The Balaban J connectivity index is 1.49. The smallest absolute Gasteiger partial charge is 0.225 e. The van der Waals surface area contributed by atoms with Gasteiger partial charge in [0.15, 0.2) is 0 Å². The van der Waals surface area contributed by atoms with Gasteiger partial charge in [0.05, 0.1) is 0 Å². The molecule has 0 spiro atoms. The van der Waals surface area contributed by atoms with Crippen molar-refractivity contribution in [2.45, 2.75) is 33.1 Å². The lowest BCUT2D eigenvalue weighted by molar-refractivity contribution is -0.143. The molecule has 1 aliphatic heterocycles. The highest BCUT2D eigenvalue weighted by molar-refractivity contribution is 5.81. The number of carbonyl (C=O) groups excluding carboxylic acids is 2. The standard InChI is InChI=1S/C15H24N2O2/c1-10(2)14(18)16-3-5-17(6-4-16)15(19)13-8-11-7-12(11)9-13/h10-13H,3-9H2,1-2H3. The summed E-state index contributed by atoms with van der Waals surface area (Å²) in [5.74, 6) is 2.63. The Morgan fingerprint density at radius 2 is 1.42 bits per heavy atom. The Morgan fingerprint density at radius 3 is 1.95 bits per heavy atom. The molecule has 0 radical (unpaired) electrons. The lowest BCUT2D eigenvalue weighted by Gasteiger charge is -2.36. The molecule has 2 amide bonds. The van der Waals surface area contributed by atoms with Crippen LogP contribution in [0.4, 0.5) is 0 Å². The van der Waals surface area contributed by atoms with Gasteiger partial charge in [0, 0.05) is 38.0 Å². The van der Waals surface area contributed by atoms with Crippen LogP contribution in [0, 0.1) is 23.7 Å². The SMILES string of the molecule is CC(C)C(=O)N1CCN(C(=O)C2CC3CC3C2)CC1. The van der Waals surface area contributed by atoms with E-state index in [2.05, 4.69) is 0 Å². The fraction of sp³-hybridized carbons (Fsp3) is 0.867. The van der Waals surface area contributed by atoms with Gasteiger partial charge in [-0.25, -0.2) is 0 Å². The highest BCUT2D eigenvalue weighted by Crippen LogP contribution is 2.54. The van der Waals surface area contributed by atoms with Crippen molar-refractivity contribution in [1.29, 1.82) is 0 Å². The van der Waals surface area contributed by atoms with E-state index < -0.39 is 0 Å². The van der Waals surface area contributed by atoms with Crippen molar-refractivity contribution in [3.8, 4) is 0 Å². The van der Waals surface area contributed by atoms with Gasteiger partial charge in [-0.05, 0) is 31.1 Å². The lowest BCUT2D eigenvalue weighted by atomic mass is 10.0. The summed E-state index contributed by atoms with van der Waals surface area (Å²) in [6.45, 7) is 6.74. The summed E-state index contributed by atoms with van der Waals surface area (Å²) in [5, 5.41) is 0. The van der Waals surface area contributed by atoms with Gasteiger partial charge in [0.2, 0.25) is 11.8 Å². The van der Waals surface area contributed by atoms with Crippen LogP contribution in [0.3, 0.4) is 0 Å². The lowest BCUT2D eigenvalue weighted by Crippen LogP contribution is -2.52. The molecule has 19 heavy (non-hydrogen) atoms. The number of amides is 2.